The summed E-state index contributed by atoms with van der Waals surface area (Å²) in [6.07, 6.45) is 9.84. The van der Waals surface area contributed by atoms with Crippen molar-refractivity contribution >= 4 is 0 Å². The maximum atomic E-state index is 5.65. The van der Waals surface area contributed by atoms with Gasteiger partial charge in [0, 0.05) is 0 Å². The van der Waals surface area contributed by atoms with Crippen LogP contribution in [-0.2, 0) is 0 Å². The van der Waals surface area contributed by atoms with Gasteiger partial charge in [-0.3, -0.25) is 5.73 Å². The minimum atomic E-state index is 0.746. The summed E-state index contributed by atoms with van der Waals surface area (Å²) in [4.78, 5) is 0. The van der Waals surface area contributed by atoms with Crippen LogP contribution in [0.5, 0.6) is 0 Å². The van der Waals surface area contributed by atoms with Crippen molar-refractivity contribution in [3.8, 4) is 0 Å². The number of hydrogen-bond donors (Lipinski definition) is 1. The fraction of sp³-hybridized carbons (Fsp3) is 0.833. The third-order valence-electron chi connectivity index (χ3n) is 2.67. The van der Waals surface area contributed by atoms with Gasteiger partial charge in [-0.25, -0.2) is 0 Å². The first kappa shape index (κ1) is 13.7. The van der Waals surface area contributed by atoms with E-state index in [4.69, 9.17) is 5.73 Å². The van der Waals surface area contributed by atoms with Crippen molar-refractivity contribution in [1.82, 2.24) is 0 Å². The Kier molecular flexibility index (Phi) is 7.81. The van der Waals surface area contributed by atoms with Crippen molar-refractivity contribution in [2.24, 2.45) is 5.73 Å². The molecule has 0 fully saturated rings. The molecule has 84 valence electrons. The van der Waals surface area contributed by atoms with Crippen LogP contribution in [0.2, 0.25) is 0 Å². The van der Waals surface area contributed by atoms with Crippen molar-refractivity contribution in [1.29, 1.82) is 0 Å². The van der Waals surface area contributed by atoms with E-state index >= 15 is 0 Å². The molecule has 0 unspecified atom stereocenters. The Morgan fingerprint density at radius 1 is 1.07 bits per heavy atom. The van der Waals surface area contributed by atoms with Gasteiger partial charge in [0.05, 0.1) is 20.6 Å². The number of nitrogens with two attached hydrogens (primary N) is 1. The topological polar surface area (TPSA) is 26.0 Å². The molecular formula is C12H27N2+. The summed E-state index contributed by atoms with van der Waals surface area (Å²) in [6.45, 7) is 5.67. The maximum absolute atomic E-state index is 5.65. The van der Waals surface area contributed by atoms with Crippen molar-refractivity contribution < 1.29 is 4.48 Å². The summed E-state index contributed by atoms with van der Waals surface area (Å²) in [6, 6.07) is 0. The molecule has 0 aromatic rings. The third kappa shape index (κ3) is 8.27. The number of rotatable bonds is 9. The highest BCUT2D eigenvalue weighted by atomic mass is 15.3. The number of allylic oxidation sites excluding steroid dienone is 1. The van der Waals surface area contributed by atoms with Gasteiger partial charge in [0.1, 0.15) is 6.67 Å². The van der Waals surface area contributed by atoms with Crippen LogP contribution in [-0.4, -0.2) is 31.8 Å². The monoisotopic (exact) mass is 199 g/mol. The van der Waals surface area contributed by atoms with E-state index in [1.807, 2.05) is 6.08 Å². The molecule has 2 heteroatoms. The standard InChI is InChI=1S/C12H27N2/c1-4-5-6-7-8-9-10-11-14(2,3)12-13/h4H,1,5-13H2,2-3H3/q+1. The van der Waals surface area contributed by atoms with Crippen LogP contribution in [0.25, 0.3) is 0 Å². The molecule has 0 aromatic heterocycles. The Hall–Kier alpha value is -0.340. The fourth-order valence-electron chi connectivity index (χ4n) is 1.45. The zero-order valence-electron chi connectivity index (χ0n) is 9.97. The number of quaternary nitrogens is 1. The lowest BCUT2D eigenvalue weighted by atomic mass is 10.1. The van der Waals surface area contributed by atoms with Gasteiger partial charge in [-0.1, -0.05) is 18.9 Å². The molecule has 0 saturated heterocycles. The molecule has 0 aliphatic heterocycles. The second kappa shape index (κ2) is 8.01. The van der Waals surface area contributed by atoms with Gasteiger partial charge >= 0.3 is 0 Å². The zero-order valence-corrected chi connectivity index (χ0v) is 9.97. The van der Waals surface area contributed by atoms with Gasteiger partial charge in [0.15, 0.2) is 0 Å². The molecule has 2 nitrogen and oxygen atoms in total. The third-order valence-corrected chi connectivity index (χ3v) is 2.67. The lowest BCUT2D eigenvalue weighted by molar-refractivity contribution is -0.890. The molecule has 0 rings (SSSR count). The first-order valence-electron chi connectivity index (χ1n) is 5.75. The van der Waals surface area contributed by atoms with E-state index in [1.54, 1.807) is 0 Å². The van der Waals surface area contributed by atoms with Crippen LogP contribution >= 0.6 is 0 Å². The van der Waals surface area contributed by atoms with E-state index in [-0.39, 0.29) is 0 Å². The molecule has 2 N–H and O–H groups in total. The highest BCUT2D eigenvalue weighted by molar-refractivity contribution is 4.65. The van der Waals surface area contributed by atoms with Crippen LogP contribution in [0.3, 0.4) is 0 Å². The second-order valence-corrected chi connectivity index (χ2v) is 4.69. The molecule has 0 amide bonds. The van der Waals surface area contributed by atoms with E-state index in [2.05, 4.69) is 20.7 Å². The van der Waals surface area contributed by atoms with Crippen molar-refractivity contribution in [2.75, 3.05) is 27.3 Å². The molecule has 0 aliphatic carbocycles. The summed E-state index contributed by atoms with van der Waals surface area (Å²) in [7, 11) is 4.38. The van der Waals surface area contributed by atoms with Crippen molar-refractivity contribution in [3.63, 3.8) is 0 Å². The zero-order chi connectivity index (χ0) is 10.9. The number of unbranched alkanes of at least 4 members (excludes halogenated alkanes) is 5. The molecular weight excluding hydrogens is 172 g/mol. The first-order valence-corrected chi connectivity index (χ1v) is 5.75. The van der Waals surface area contributed by atoms with Crippen molar-refractivity contribution in [3.05, 3.63) is 12.7 Å². The summed E-state index contributed by atoms with van der Waals surface area (Å²) in [5.74, 6) is 0. The molecule has 14 heavy (non-hydrogen) atoms. The second-order valence-electron chi connectivity index (χ2n) is 4.69. The van der Waals surface area contributed by atoms with Crippen LogP contribution in [0.1, 0.15) is 38.5 Å². The molecule has 0 heterocycles. The van der Waals surface area contributed by atoms with Crippen LogP contribution < -0.4 is 5.73 Å². The van der Waals surface area contributed by atoms with E-state index in [9.17, 15) is 0 Å². The van der Waals surface area contributed by atoms with Crippen LogP contribution in [0, 0.1) is 0 Å². The highest BCUT2D eigenvalue weighted by Crippen LogP contribution is 2.07. The van der Waals surface area contributed by atoms with E-state index in [0.29, 0.717) is 0 Å². The summed E-state index contributed by atoms with van der Waals surface area (Å²) >= 11 is 0. The number of hydrogen-bond acceptors (Lipinski definition) is 1. The molecule has 0 radical (unpaired) electrons. The summed E-state index contributed by atoms with van der Waals surface area (Å²) in [5, 5.41) is 0. The molecule has 0 atom stereocenters. The van der Waals surface area contributed by atoms with E-state index in [0.717, 1.165) is 11.2 Å². The van der Waals surface area contributed by atoms with E-state index < -0.39 is 0 Å². The molecule has 0 aromatic carbocycles. The molecule has 0 bridgehead atoms. The smallest absolute Gasteiger partial charge is 0.129 e. The first-order chi connectivity index (χ1) is 6.62. The Morgan fingerprint density at radius 2 is 1.64 bits per heavy atom. The Balaban J connectivity index is 3.17. The van der Waals surface area contributed by atoms with Crippen LogP contribution in [0.4, 0.5) is 0 Å². The van der Waals surface area contributed by atoms with Crippen LogP contribution in [0.15, 0.2) is 12.7 Å². The van der Waals surface area contributed by atoms with Gasteiger partial charge in [-0.2, -0.15) is 0 Å². The average molecular weight is 199 g/mol. The predicted octanol–water partition coefficient (Wildman–Crippen LogP) is 2.51. The quantitative estimate of drug-likeness (QED) is 0.262. The summed E-state index contributed by atoms with van der Waals surface area (Å²) in [5.41, 5.74) is 5.65. The van der Waals surface area contributed by atoms with Gasteiger partial charge < -0.3 is 4.48 Å². The predicted molar refractivity (Wildman–Crippen MR) is 63.9 cm³/mol. The normalized spacial score (nSPS) is 11.6. The van der Waals surface area contributed by atoms with Crippen molar-refractivity contribution in [2.45, 2.75) is 38.5 Å². The minimum absolute atomic E-state index is 0.746. The molecule has 0 saturated carbocycles. The molecule has 0 spiro atoms. The summed E-state index contributed by atoms with van der Waals surface area (Å²) < 4.78 is 0.951. The maximum Gasteiger partial charge on any atom is 0.129 e. The number of nitrogens with zero attached hydrogens (tertiary/aromatic N) is 1. The van der Waals surface area contributed by atoms with E-state index in [1.165, 1.54) is 45.1 Å². The Morgan fingerprint density at radius 3 is 2.21 bits per heavy atom. The average Bonchev–Trinajstić information content (AvgIpc) is 2.16. The molecule has 0 aliphatic rings. The van der Waals surface area contributed by atoms with Gasteiger partial charge in [0.25, 0.3) is 0 Å². The fourth-order valence-corrected chi connectivity index (χ4v) is 1.45. The van der Waals surface area contributed by atoms with Gasteiger partial charge in [-0.05, 0) is 25.7 Å². The van der Waals surface area contributed by atoms with Gasteiger partial charge in [0.2, 0.25) is 0 Å². The SMILES string of the molecule is C=CCCCCCCC[N+](C)(C)CN. The lowest BCUT2D eigenvalue weighted by Crippen LogP contribution is -2.44. The Bertz CT molecular complexity index is 141. The lowest BCUT2D eigenvalue weighted by Gasteiger charge is -2.27. The Labute approximate surface area is 89.4 Å². The van der Waals surface area contributed by atoms with Gasteiger partial charge in [-0.15, -0.1) is 6.58 Å². The minimum Gasteiger partial charge on any atom is -0.316 e. The highest BCUT2D eigenvalue weighted by Gasteiger charge is 2.10. The largest absolute Gasteiger partial charge is 0.316 e.